The van der Waals surface area contributed by atoms with Crippen LogP contribution in [0.3, 0.4) is 0 Å². The van der Waals surface area contributed by atoms with Gasteiger partial charge in [0, 0.05) is 29.8 Å². The maximum atomic E-state index is 12.9. The van der Waals surface area contributed by atoms with Crippen molar-refractivity contribution in [1.29, 1.82) is 0 Å². The molecule has 0 radical (unpaired) electrons. The number of hydrogen-bond donors (Lipinski definition) is 1. The third-order valence-electron chi connectivity index (χ3n) is 4.61. The van der Waals surface area contributed by atoms with Gasteiger partial charge in [0.25, 0.3) is 0 Å². The summed E-state index contributed by atoms with van der Waals surface area (Å²) < 4.78 is 45.2. The lowest BCUT2D eigenvalue weighted by Gasteiger charge is -2.39. The van der Waals surface area contributed by atoms with E-state index < -0.39 is 11.7 Å². The molecule has 25 heavy (non-hydrogen) atoms. The first-order valence-electron chi connectivity index (χ1n) is 8.14. The number of benzene rings is 2. The Kier molecular flexibility index (Phi) is 5.51. The highest BCUT2D eigenvalue weighted by Crippen LogP contribution is 2.34. The second-order valence-corrected chi connectivity index (χ2v) is 7.17. The number of ether oxygens (including phenoxy) is 1. The van der Waals surface area contributed by atoms with Gasteiger partial charge in [-0.2, -0.15) is 13.2 Å². The second kappa shape index (κ2) is 7.48. The molecule has 1 fully saturated rings. The Morgan fingerprint density at radius 2 is 1.76 bits per heavy atom. The highest BCUT2D eigenvalue weighted by atomic mass is 79.9. The van der Waals surface area contributed by atoms with Crippen LogP contribution in [0, 0.1) is 0 Å². The minimum atomic E-state index is -4.32. The maximum Gasteiger partial charge on any atom is 0.416 e. The maximum absolute atomic E-state index is 12.9. The van der Waals surface area contributed by atoms with Crippen LogP contribution in [0.1, 0.15) is 29.5 Å². The minimum absolute atomic E-state index is 0.295. The summed E-state index contributed by atoms with van der Waals surface area (Å²) in [5.74, 6) is 0. The fourth-order valence-electron chi connectivity index (χ4n) is 3.20. The van der Waals surface area contributed by atoms with Crippen LogP contribution >= 0.6 is 15.9 Å². The largest absolute Gasteiger partial charge is 0.416 e. The van der Waals surface area contributed by atoms with E-state index in [-0.39, 0.29) is 5.54 Å². The normalized spacial score (nSPS) is 17.4. The van der Waals surface area contributed by atoms with Crippen LogP contribution in [0.5, 0.6) is 0 Å². The van der Waals surface area contributed by atoms with Gasteiger partial charge in [-0.05, 0) is 42.2 Å². The van der Waals surface area contributed by atoms with Gasteiger partial charge in [-0.3, -0.25) is 0 Å². The molecule has 0 unspecified atom stereocenters. The summed E-state index contributed by atoms with van der Waals surface area (Å²) in [4.78, 5) is 0. The summed E-state index contributed by atoms with van der Waals surface area (Å²) in [5, 5.41) is 3.51. The molecule has 1 saturated heterocycles. The van der Waals surface area contributed by atoms with Gasteiger partial charge in [-0.25, -0.2) is 0 Å². The summed E-state index contributed by atoms with van der Waals surface area (Å²) in [6.45, 7) is 1.63. The van der Waals surface area contributed by atoms with Crippen molar-refractivity contribution < 1.29 is 17.9 Å². The molecule has 1 N–H and O–H groups in total. The molecule has 2 nitrogen and oxygen atoms in total. The first-order valence-corrected chi connectivity index (χ1v) is 8.93. The molecule has 0 aromatic heterocycles. The van der Waals surface area contributed by atoms with Crippen LogP contribution in [-0.2, 0) is 23.0 Å². The zero-order chi connectivity index (χ0) is 17.9. The molecule has 0 spiro atoms. The quantitative estimate of drug-likeness (QED) is 0.737. The Hall–Kier alpha value is -1.37. The van der Waals surface area contributed by atoms with Gasteiger partial charge in [0.05, 0.1) is 5.56 Å². The molecule has 1 aliphatic heterocycles. The first-order chi connectivity index (χ1) is 11.9. The molecule has 134 valence electrons. The van der Waals surface area contributed by atoms with Crippen molar-refractivity contribution in [2.75, 3.05) is 13.2 Å². The van der Waals surface area contributed by atoms with Crippen LogP contribution in [0.2, 0.25) is 0 Å². The zero-order valence-corrected chi connectivity index (χ0v) is 15.2. The van der Waals surface area contributed by atoms with Gasteiger partial charge in [0.15, 0.2) is 0 Å². The van der Waals surface area contributed by atoms with E-state index >= 15 is 0 Å². The van der Waals surface area contributed by atoms with Crippen molar-refractivity contribution in [2.24, 2.45) is 0 Å². The fourth-order valence-corrected chi connectivity index (χ4v) is 3.60. The fraction of sp³-hybridized carbons (Fsp3) is 0.368. The highest BCUT2D eigenvalue weighted by Gasteiger charge is 2.34. The van der Waals surface area contributed by atoms with Crippen molar-refractivity contribution in [2.45, 2.75) is 31.1 Å². The Labute approximate surface area is 153 Å². The van der Waals surface area contributed by atoms with Crippen molar-refractivity contribution in [3.63, 3.8) is 0 Å². The molecule has 3 rings (SSSR count). The molecule has 1 aliphatic rings. The van der Waals surface area contributed by atoms with Gasteiger partial charge >= 0.3 is 6.18 Å². The summed E-state index contributed by atoms with van der Waals surface area (Å²) in [6.07, 6.45) is -2.76. The summed E-state index contributed by atoms with van der Waals surface area (Å²) in [5.41, 5.74) is 0.833. The lowest BCUT2D eigenvalue weighted by molar-refractivity contribution is -0.137. The number of nitrogens with one attached hydrogen (secondary N) is 1. The SMILES string of the molecule is FC(F)(F)c1cccc(CNC2(c3cccc(Br)c3)CCOCC2)c1. The van der Waals surface area contributed by atoms with Crippen LogP contribution in [0.15, 0.2) is 53.0 Å². The molecular weight excluding hydrogens is 395 g/mol. The number of halogens is 4. The van der Waals surface area contributed by atoms with E-state index in [1.54, 1.807) is 6.07 Å². The van der Waals surface area contributed by atoms with Crippen molar-refractivity contribution >= 4 is 15.9 Å². The molecular formula is C19H19BrF3NO. The molecule has 0 saturated carbocycles. The van der Waals surface area contributed by atoms with Crippen LogP contribution in [0.4, 0.5) is 13.2 Å². The predicted octanol–water partition coefficient (Wildman–Crippen LogP) is 5.26. The summed E-state index contributed by atoms with van der Waals surface area (Å²) >= 11 is 3.50. The zero-order valence-electron chi connectivity index (χ0n) is 13.6. The van der Waals surface area contributed by atoms with E-state index in [1.807, 2.05) is 12.1 Å². The summed E-state index contributed by atoms with van der Waals surface area (Å²) in [6, 6.07) is 13.5. The van der Waals surface area contributed by atoms with Gasteiger partial charge in [0.2, 0.25) is 0 Å². The molecule has 0 aliphatic carbocycles. The molecule has 2 aromatic carbocycles. The lowest BCUT2D eigenvalue weighted by Crippen LogP contribution is -2.46. The second-order valence-electron chi connectivity index (χ2n) is 6.26. The van der Waals surface area contributed by atoms with Crippen molar-refractivity contribution in [1.82, 2.24) is 5.32 Å². The Morgan fingerprint density at radius 1 is 1.04 bits per heavy atom. The van der Waals surface area contributed by atoms with Gasteiger partial charge in [-0.15, -0.1) is 0 Å². The Balaban J connectivity index is 1.82. The molecule has 2 aromatic rings. The molecule has 0 bridgehead atoms. The van der Waals surface area contributed by atoms with E-state index in [2.05, 4.69) is 33.4 Å². The molecule has 1 heterocycles. The van der Waals surface area contributed by atoms with Crippen molar-refractivity contribution in [3.8, 4) is 0 Å². The van der Waals surface area contributed by atoms with E-state index in [1.165, 1.54) is 12.1 Å². The average molecular weight is 414 g/mol. The van der Waals surface area contributed by atoms with Crippen LogP contribution in [0.25, 0.3) is 0 Å². The van der Waals surface area contributed by atoms with E-state index in [0.29, 0.717) is 25.3 Å². The Bertz CT molecular complexity index is 727. The Morgan fingerprint density at radius 3 is 2.44 bits per heavy atom. The van der Waals surface area contributed by atoms with Crippen molar-refractivity contribution in [3.05, 3.63) is 69.7 Å². The monoisotopic (exact) mass is 413 g/mol. The molecule has 0 atom stereocenters. The smallest absolute Gasteiger partial charge is 0.381 e. The number of hydrogen-bond acceptors (Lipinski definition) is 2. The van der Waals surface area contributed by atoms with Crippen LogP contribution < -0.4 is 5.32 Å². The third-order valence-corrected chi connectivity index (χ3v) is 5.10. The predicted molar refractivity (Wildman–Crippen MR) is 94.2 cm³/mol. The molecule has 6 heteroatoms. The topological polar surface area (TPSA) is 21.3 Å². The van der Waals surface area contributed by atoms with Gasteiger partial charge in [0.1, 0.15) is 0 Å². The number of alkyl halides is 3. The molecule has 0 amide bonds. The van der Waals surface area contributed by atoms with Gasteiger partial charge < -0.3 is 10.1 Å². The lowest BCUT2D eigenvalue weighted by atomic mass is 9.82. The number of rotatable bonds is 4. The standard InChI is InChI=1S/C19H19BrF3NO/c20-17-6-2-4-15(12-17)18(7-9-25-10-8-18)24-13-14-3-1-5-16(11-14)19(21,22)23/h1-6,11-12,24H,7-10,13H2. The van der Waals surface area contributed by atoms with E-state index in [4.69, 9.17) is 4.74 Å². The van der Waals surface area contributed by atoms with E-state index in [0.717, 1.165) is 28.9 Å². The highest BCUT2D eigenvalue weighted by molar-refractivity contribution is 9.10. The minimum Gasteiger partial charge on any atom is -0.381 e. The van der Waals surface area contributed by atoms with E-state index in [9.17, 15) is 13.2 Å². The van der Waals surface area contributed by atoms with Crippen LogP contribution in [-0.4, -0.2) is 13.2 Å². The third kappa shape index (κ3) is 4.43. The first kappa shape index (κ1) is 18.4. The van der Waals surface area contributed by atoms with Gasteiger partial charge in [-0.1, -0.05) is 46.3 Å². The summed E-state index contributed by atoms with van der Waals surface area (Å²) in [7, 11) is 0. The average Bonchev–Trinajstić information content (AvgIpc) is 2.60.